The van der Waals surface area contributed by atoms with Gasteiger partial charge in [0.05, 0.1) is 6.42 Å². The fraction of sp³-hybridized carbons (Fsp3) is 0.429. The van der Waals surface area contributed by atoms with Gasteiger partial charge in [-0.3, -0.25) is 9.59 Å². The van der Waals surface area contributed by atoms with E-state index < -0.39 is 0 Å². The first-order valence-electron chi connectivity index (χ1n) is 9.05. The Morgan fingerprint density at radius 1 is 1.07 bits per heavy atom. The number of carbonyl (C=O) groups excluding carboxylic acids is 2. The minimum Gasteiger partial charge on any atom is -0.483 e. The molecule has 0 saturated heterocycles. The average Bonchev–Trinajstić information content (AvgIpc) is 3.09. The maximum atomic E-state index is 12.0. The second-order valence-corrected chi connectivity index (χ2v) is 8.53. The van der Waals surface area contributed by atoms with Crippen LogP contribution in [-0.2, 0) is 21.4 Å². The minimum absolute atomic E-state index is 0.0441. The molecule has 2 amide bonds. The molecule has 0 aliphatic rings. The molecule has 0 unspecified atom stereocenters. The first kappa shape index (κ1) is 21.0. The molecule has 0 bridgehead atoms. The summed E-state index contributed by atoms with van der Waals surface area (Å²) in [6, 6.07) is 9.84. The highest BCUT2D eigenvalue weighted by Gasteiger charge is 2.19. The lowest BCUT2D eigenvalue weighted by Gasteiger charge is -2.23. The number of hydrogen-bond donors (Lipinski definition) is 2. The number of ether oxygens (including phenoxy) is 1. The number of carbonyl (C=O) groups is 2. The van der Waals surface area contributed by atoms with Crippen molar-refractivity contribution >= 4 is 23.2 Å². The largest absolute Gasteiger partial charge is 0.483 e. The molecule has 5 nitrogen and oxygen atoms in total. The normalized spacial score (nSPS) is 11.1. The lowest BCUT2D eigenvalue weighted by Crippen LogP contribution is -2.37. The number of benzene rings is 1. The van der Waals surface area contributed by atoms with Gasteiger partial charge < -0.3 is 15.4 Å². The van der Waals surface area contributed by atoms with E-state index in [2.05, 4.69) is 37.5 Å². The molecule has 2 aromatic rings. The molecule has 6 heteroatoms. The Balaban J connectivity index is 1.71. The van der Waals surface area contributed by atoms with Gasteiger partial charge in [-0.25, -0.2) is 0 Å². The van der Waals surface area contributed by atoms with E-state index in [0.717, 1.165) is 21.8 Å². The third-order valence-corrected chi connectivity index (χ3v) is 4.86. The molecule has 1 aromatic heterocycles. The number of nitrogens with one attached hydrogen (secondary N) is 2. The van der Waals surface area contributed by atoms with Crippen LogP contribution in [0.15, 0.2) is 35.7 Å². The van der Waals surface area contributed by atoms with Crippen LogP contribution in [0.25, 0.3) is 0 Å². The fourth-order valence-corrected chi connectivity index (χ4v) is 3.29. The molecule has 0 spiro atoms. The van der Waals surface area contributed by atoms with Crippen LogP contribution < -0.4 is 15.4 Å². The van der Waals surface area contributed by atoms with Gasteiger partial charge in [0, 0.05) is 18.0 Å². The highest BCUT2D eigenvalue weighted by molar-refractivity contribution is 7.10. The molecule has 0 saturated carbocycles. The first-order chi connectivity index (χ1) is 12.8. The zero-order chi connectivity index (χ0) is 19.9. The average molecular weight is 389 g/mol. The van der Waals surface area contributed by atoms with E-state index in [1.54, 1.807) is 11.3 Å². The van der Waals surface area contributed by atoms with Gasteiger partial charge in [-0.05, 0) is 35.4 Å². The number of amides is 2. The Bertz CT molecular complexity index is 764. The van der Waals surface area contributed by atoms with E-state index in [9.17, 15) is 9.59 Å². The summed E-state index contributed by atoms with van der Waals surface area (Å²) in [5.41, 5.74) is 2.18. The van der Waals surface area contributed by atoms with Crippen LogP contribution in [0.2, 0.25) is 0 Å². The molecule has 1 aromatic carbocycles. The van der Waals surface area contributed by atoms with Gasteiger partial charge in [0.15, 0.2) is 6.61 Å². The Kier molecular flexibility index (Phi) is 7.42. The predicted octanol–water partition coefficient (Wildman–Crippen LogP) is 3.21. The Hall–Kier alpha value is -2.34. The van der Waals surface area contributed by atoms with Crippen molar-refractivity contribution in [3.8, 4) is 5.75 Å². The zero-order valence-electron chi connectivity index (χ0n) is 16.4. The summed E-state index contributed by atoms with van der Waals surface area (Å²) in [4.78, 5) is 24.8. The van der Waals surface area contributed by atoms with Gasteiger partial charge in [-0.15, -0.1) is 11.3 Å². The molecular weight excluding hydrogens is 360 g/mol. The third-order valence-electron chi connectivity index (χ3n) is 3.99. The van der Waals surface area contributed by atoms with E-state index in [0.29, 0.717) is 19.5 Å². The van der Waals surface area contributed by atoms with E-state index in [1.807, 2.05) is 36.6 Å². The smallest absolute Gasteiger partial charge is 0.258 e. The van der Waals surface area contributed by atoms with Crippen molar-refractivity contribution in [1.82, 2.24) is 10.6 Å². The molecule has 146 valence electrons. The van der Waals surface area contributed by atoms with Gasteiger partial charge in [0.1, 0.15) is 5.75 Å². The molecule has 1 heterocycles. The van der Waals surface area contributed by atoms with Gasteiger partial charge >= 0.3 is 0 Å². The van der Waals surface area contributed by atoms with Crippen molar-refractivity contribution in [2.45, 2.75) is 39.5 Å². The Morgan fingerprint density at radius 2 is 1.78 bits per heavy atom. The highest BCUT2D eigenvalue weighted by Crippen LogP contribution is 2.32. The van der Waals surface area contributed by atoms with Crippen LogP contribution in [0.1, 0.15) is 36.8 Å². The van der Waals surface area contributed by atoms with E-state index in [1.165, 1.54) is 0 Å². The zero-order valence-corrected chi connectivity index (χ0v) is 17.2. The lowest BCUT2D eigenvalue weighted by molar-refractivity contribution is -0.124. The summed E-state index contributed by atoms with van der Waals surface area (Å²) in [6.45, 7) is 9.12. The monoisotopic (exact) mass is 388 g/mol. The number of rotatable bonds is 8. The van der Waals surface area contributed by atoms with Crippen molar-refractivity contribution < 1.29 is 14.3 Å². The molecular formula is C21H28N2O3S. The molecule has 2 rings (SSSR count). The van der Waals surface area contributed by atoms with E-state index in [4.69, 9.17) is 4.74 Å². The SMILES string of the molecule is Cc1ccc(OCC(=O)NCCNC(=O)Cc2cccs2)c(C(C)(C)C)c1. The first-order valence-corrected chi connectivity index (χ1v) is 9.93. The second kappa shape index (κ2) is 9.55. The topological polar surface area (TPSA) is 67.4 Å². The summed E-state index contributed by atoms with van der Waals surface area (Å²) < 4.78 is 5.73. The van der Waals surface area contributed by atoms with Gasteiger partial charge in [-0.2, -0.15) is 0 Å². The maximum Gasteiger partial charge on any atom is 0.258 e. The number of aryl methyl sites for hydroxylation is 1. The van der Waals surface area contributed by atoms with Gasteiger partial charge in [0.25, 0.3) is 5.91 Å². The van der Waals surface area contributed by atoms with E-state index >= 15 is 0 Å². The quantitative estimate of drug-likeness (QED) is 0.683. The van der Waals surface area contributed by atoms with Gasteiger partial charge in [0.2, 0.25) is 5.91 Å². The maximum absolute atomic E-state index is 12.0. The summed E-state index contributed by atoms with van der Waals surface area (Å²) in [5.74, 6) is 0.480. The minimum atomic E-state index is -0.206. The van der Waals surface area contributed by atoms with Crippen molar-refractivity contribution in [3.05, 3.63) is 51.7 Å². The molecule has 0 fully saturated rings. The second-order valence-electron chi connectivity index (χ2n) is 7.49. The van der Waals surface area contributed by atoms with Crippen molar-refractivity contribution in [2.24, 2.45) is 0 Å². The summed E-state index contributed by atoms with van der Waals surface area (Å²) in [7, 11) is 0. The lowest BCUT2D eigenvalue weighted by atomic mass is 9.85. The molecule has 2 N–H and O–H groups in total. The van der Waals surface area contributed by atoms with Crippen LogP contribution in [0.5, 0.6) is 5.75 Å². The molecule has 0 atom stereocenters. The summed E-state index contributed by atoms with van der Waals surface area (Å²) in [6.07, 6.45) is 0.373. The van der Waals surface area contributed by atoms with Crippen LogP contribution >= 0.6 is 11.3 Å². The summed E-state index contributed by atoms with van der Waals surface area (Å²) in [5, 5.41) is 7.50. The van der Waals surface area contributed by atoms with Crippen molar-refractivity contribution in [1.29, 1.82) is 0 Å². The Morgan fingerprint density at radius 3 is 2.41 bits per heavy atom. The van der Waals surface area contributed by atoms with Crippen LogP contribution in [0.3, 0.4) is 0 Å². The third kappa shape index (κ3) is 7.06. The molecule has 27 heavy (non-hydrogen) atoms. The molecule has 0 radical (unpaired) electrons. The number of thiophene rings is 1. The van der Waals surface area contributed by atoms with Gasteiger partial charge in [-0.1, -0.05) is 44.5 Å². The standard InChI is InChI=1S/C21H28N2O3S/c1-15-7-8-18(17(12-15)21(2,3)4)26-14-20(25)23-10-9-22-19(24)13-16-6-5-11-27-16/h5-8,11-12H,9-10,13-14H2,1-4H3,(H,22,24)(H,23,25). The number of hydrogen-bond acceptors (Lipinski definition) is 4. The van der Waals surface area contributed by atoms with Crippen molar-refractivity contribution in [3.63, 3.8) is 0 Å². The summed E-state index contributed by atoms with van der Waals surface area (Å²) >= 11 is 1.56. The fourth-order valence-electron chi connectivity index (χ4n) is 2.59. The van der Waals surface area contributed by atoms with Crippen LogP contribution in [0, 0.1) is 6.92 Å². The van der Waals surface area contributed by atoms with Crippen LogP contribution in [-0.4, -0.2) is 31.5 Å². The van der Waals surface area contributed by atoms with Crippen LogP contribution in [0.4, 0.5) is 0 Å². The van der Waals surface area contributed by atoms with Crippen molar-refractivity contribution in [2.75, 3.05) is 19.7 Å². The van der Waals surface area contributed by atoms with E-state index in [-0.39, 0.29) is 23.8 Å². The molecule has 0 aliphatic heterocycles. The molecule has 0 aliphatic carbocycles. The highest BCUT2D eigenvalue weighted by atomic mass is 32.1. The predicted molar refractivity (Wildman–Crippen MR) is 109 cm³/mol. The Labute approximate surface area is 165 Å².